The Morgan fingerprint density at radius 1 is 1.23 bits per heavy atom. The number of nitrogens with zero attached hydrogens (tertiary/aromatic N) is 2. The summed E-state index contributed by atoms with van der Waals surface area (Å²) in [5, 5.41) is 3.11. The Morgan fingerprint density at radius 2 is 2.03 bits per heavy atom. The number of pyridine rings is 1. The number of benzene rings is 1. The van der Waals surface area contributed by atoms with Gasteiger partial charge in [-0.2, -0.15) is 0 Å². The highest BCUT2D eigenvalue weighted by Gasteiger charge is 2.46. The van der Waals surface area contributed by atoms with Crippen molar-refractivity contribution in [2.24, 2.45) is 5.92 Å². The molecule has 1 aromatic heterocycles. The molecule has 4 rings (SSSR count). The van der Waals surface area contributed by atoms with Gasteiger partial charge in [0.2, 0.25) is 5.91 Å². The maximum absolute atomic E-state index is 13.3. The molecule has 2 amide bonds. The van der Waals surface area contributed by atoms with Crippen molar-refractivity contribution in [3.05, 3.63) is 54.4 Å². The smallest absolute Gasteiger partial charge is 0.254 e. The van der Waals surface area contributed by atoms with Crippen molar-refractivity contribution in [2.45, 2.75) is 44.8 Å². The third-order valence-electron chi connectivity index (χ3n) is 5.73. The van der Waals surface area contributed by atoms with Crippen molar-refractivity contribution >= 4 is 11.8 Å². The molecule has 0 spiro atoms. The first-order valence-electron chi connectivity index (χ1n) is 10.7. The first-order valence-corrected chi connectivity index (χ1v) is 10.7. The summed E-state index contributed by atoms with van der Waals surface area (Å²) < 4.78 is 6.15. The lowest BCUT2D eigenvalue weighted by atomic mass is 9.89. The van der Waals surface area contributed by atoms with Gasteiger partial charge in [0.05, 0.1) is 13.2 Å². The molecule has 30 heavy (non-hydrogen) atoms. The number of hydrogen-bond acceptors (Lipinski definition) is 4. The van der Waals surface area contributed by atoms with Gasteiger partial charge in [-0.15, -0.1) is 0 Å². The summed E-state index contributed by atoms with van der Waals surface area (Å²) in [4.78, 5) is 31.9. The molecule has 1 aromatic carbocycles. The Morgan fingerprint density at radius 3 is 2.73 bits per heavy atom. The van der Waals surface area contributed by atoms with E-state index in [-0.39, 0.29) is 30.3 Å². The first kappa shape index (κ1) is 20.5. The summed E-state index contributed by atoms with van der Waals surface area (Å²) in [6.07, 6.45) is 6.01. The second kappa shape index (κ2) is 8.56. The molecular formula is C24H29N3O3. The minimum atomic E-state index is -1.07. The highest BCUT2D eigenvalue weighted by atomic mass is 16.5. The zero-order chi connectivity index (χ0) is 21.1. The minimum Gasteiger partial charge on any atom is -0.361 e. The lowest BCUT2D eigenvalue weighted by molar-refractivity contribution is -0.167. The van der Waals surface area contributed by atoms with E-state index in [1.807, 2.05) is 50.4 Å². The molecule has 1 aliphatic carbocycles. The van der Waals surface area contributed by atoms with Crippen LogP contribution in [0.5, 0.6) is 0 Å². The van der Waals surface area contributed by atoms with E-state index >= 15 is 0 Å². The normalized spacial score (nSPS) is 21.5. The largest absolute Gasteiger partial charge is 0.361 e. The van der Waals surface area contributed by atoms with Gasteiger partial charge in [-0.05, 0) is 35.6 Å². The van der Waals surface area contributed by atoms with Crippen molar-refractivity contribution in [2.75, 3.05) is 19.7 Å². The molecule has 1 saturated carbocycles. The molecule has 0 radical (unpaired) electrons. The summed E-state index contributed by atoms with van der Waals surface area (Å²) in [6.45, 7) is 4.94. The molecule has 2 heterocycles. The fourth-order valence-electron chi connectivity index (χ4n) is 3.93. The third kappa shape index (κ3) is 4.54. The topological polar surface area (TPSA) is 71.5 Å². The SMILES string of the molecule is CC(C)C(=O)N1CCOC(Cc2cccc(-c3cccnc3)c2)(C(=O)NC2CC2)C1. The molecule has 6 heteroatoms. The summed E-state index contributed by atoms with van der Waals surface area (Å²) >= 11 is 0. The van der Waals surface area contributed by atoms with Gasteiger partial charge in [0, 0.05) is 37.3 Å². The van der Waals surface area contributed by atoms with Gasteiger partial charge in [0.1, 0.15) is 0 Å². The van der Waals surface area contributed by atoms with Crippen LogP contribution in [0, 0.1) is 5.92 Å². The quantitative estimate of drug-likeness (QED) is 0.799. The number of amides is 2. The number of rotatable bonds is 6. The molecule has 2 fully saturated rings. The summed E-state index contributed by atoms with van der Waals surface area (Å²) in [5.41, 5.74) is 2.00. The Kier molecular flexibility index (Phi) is 5.86. The summed E-state index contributed by atoms with van der Waals surface area (Å²) in [7, 11) is 0. The van der Waals surface area contributed by atoms with Crippen LogP contribution in [0.3, 0.4) is 0 Å². The second-order valence-electron chi connectivity index (χ2n) is 8.62. The Labute approximate surface area is 177 Å². The number of hydrogen-bond donors (Lipinski definition) is 1. The standard InChI is InChI=1S/C24H29N3O3/c1-17(2)22(28)27-11-12-30-24(16-27,23(29)26-21-8-9-21)14-18-5-3-6-19(13-18)20-7-4-10-25-15-20/h3-7,10,13,15,17,21H,8-9,11-12,14,16H2,1-2H3,(H,26,29). The molecule has 1 aliphatic heterocycles. The molecule has 2 aromatic rings. The molecule has 1 unspecified atom stereocenters. The molecule has 1 saturated heterocycles. The van der Waals surface area contributed by atoms with E-state index < -0.39 is 5.60 Å². The number of morpholine rings is 1. The maximum Gasteiger partial charge on any atom is 0.254 e. The van der Waals surface area contributed by atoms with E-state index in [0.717, 1.165) is 29.5 Å². The number of carbonyl (C=O) groups excluding carboxylic acids is 2. The minimum absolute atomic E-state index is 0.0611. The van der Waals surface area contributed by atoms with E-state index in [9.17, 15) is 9.59 Å². The maximum atomic E-state index is 13.3. The number of nitrogens with one attached hydrogen (secondary N) is 1. The fraction of sp³-hybridized carbons (Fsp3) is 0.458. The predicted octanol–water partition coefficient (Wildman–Crippen LogP) is 2.82. The van der Waals surface area contributed by atoms with Crippen LogP contribution in [0.2, 0.25) is 0 Å². The van der Waals surface area contributed by atoms with Crippen LogP contribution in [-0.4, -0.2) is 53.0 Å². The monoisotopic (exact) mass is 407 g/mol. The van der Waals surface area contributed by atoms with Crippen molar-refractivity contribution in [3.63, 3.8) is 0 Å². The van der Waals surface area contributed by atoms with Crippen LogP contribution in [-0.2, 0) is 20.7 Å². The highest BCUT2D eigenvalue weighted by molar-refractivity contribution is 5.88. The van der Waals surface area contributed by atoms with Crippen molar-refractivity contribution in [1.29, 1.82) is 0 Å². The molecule has 1 atom stereocenters. The van der Waals surface area contributed by atoms with E-state index in [2.05, 4.69) is 16.4 Å². The van der Waals surface area contributed by atoms with E-state index in [0.29, 0.717) is 19.6 Å². The van der Waals surface area contributed by atoms with Gasteiger partial charge >= 0.3 is 0 Å². The molecule has 2 aliphatic rings. The van der Waals surface area contributed by atoms with Crippen LogP contribution in [0.4, 0.5) is 0 Å². The Balaban J connectivity index is 1.62. The van der Waals surface area contributed by atoms with Gasteiger partial charge in [0.25, 0.3) is 5.91 Å². The lowest BCUT2D eigenvalue weighted by Crippen LogP contribution is -2.62. The van der Waals surface area contributed by atoms with Crippen molar-refractivity contribution in [3.8, 4) is 11.1 Å². The fourth-order valence-corrected chi connectivity index (χ4v) is 3.93. The van der Waals surface area contributed by atoms with Crippen LogP contribution >= 0.6 is 0 Å². The summed E-state index contributed by atoms with van der Waals surface area (Å²) in [5.74, 6) is -0.162. The van der Waals surface area contributed by atoms with Gasteiger partial charge in [-0.3, -0.25) is 14.6 Å². The molecule has 1 N–H and O–H groups in total. The molecular weight excluding hydrogens is 378 g/mol. The molecule has 6 nitrogen and oxygen atoms in total. The first-order chi connectivity index (χ1) is 14.5. The Bertz CT molecular complexity index is 911. The van der Waals surface area contributed by atoms with Crippen LogP contribution < -0.4 is 5.32 Å². The molecule has 0 bridgehead atoms. The van der Waals surface area contributed by atoms with Gasteiger partial charge < -0.3 is 15.0 Å². The number of aromatic nitrogens is 1. The lowest BCUT2D eigenvalue weighted by Gasteiger charge is -2.42. The van der Waals surface area contributed by atoms with Crippen molar-refractivity contribution in [1.82, 2.24) is 15.2 Å². The highest BCUT2D eigenvalue weighted by Crippen LogP contribution is 2.29. The van der Waals surface area contributed by atoms with Crippen LogP contribution in [0.25, 0.3) is 11.1 Å². The van der Waals surface area contributed by atoms with E-state index in [1.165, 1.54) is 0 Å². The average molecular weight is 408 g/mol. The van der Waals surface area contributed by atoms with E-state index in [4.69, 9.17) is 4.74 Å². The Hall–Kier alpha value is -2.73. The second-order valence-corrected chi connectivity index (χ2v) is 8.62. The number of ether oxygens (including phenoxy) is 1. The van der Waals surface area contributed by atoms with Crippen LogP contribution in [0.1, 0.15) is 32.3 Å². The van der Waals surface area contributed by atoms with Gasteiger partial charge in [-0.25, -0.2) is 0 Å². The van der Waals surface area contributed by atoms with Gasteiger partial charge in [-0.1, -0.05) is 44.2 Å². The predicted molar refractivity (Wildman–Crippen MR) is 115 cm³/mol. The zero-order valence-electron chi connectivity index (χ0n) is 17.6. The third-order valence-corrected chi connectivity index (χ3v) is 5.73. The average Bonchev–Trinajstić information content (AvgIpc) is 3.58. The van der Waals surface area contributed by atoms with Crippen LogP contribution in [0.15, 0.2) is 48.8 Å². The van der Waals surface area contributed by atoms with Gasteiger partial charge in [0.15, 0.2) is 5.60 Å². The van der Waals surface area contributed by atoms with Crippen molar-refractivity contribution < 1.29 is 14.3 Å². The van der Waals surface area contributed by atoms with E-state index in [1.54, 1.807) is 11.1 Å². The summed E-state index contributed by atoms with van der Waals surface area (Å²) in [6, 6.07) is 12.3. The zero-order valence-corrected chi connectivity index (χ0v) is 17.6. The molecule has 158 valence electrons. The number of carbonyl (C=O) groups is 2.